The highest BCUT2D eigenvalue weighted by Gasteiger charge is 2.20. The molecule has 2 N–H and O–H groups in total. The van der Waals surface area contributed by atoms with Crippen LogP contribution in [-0.4, -0.2) is 47.4 Å². The minimum absolute atomic E-state index is 0.00684. The van der Waals surface area contributed by atoms with Gasteiger partial charge in [-0.15, -0.1) is 11.8 Å². The van der Waals surface area contributed by atoms with Crippen molar-refractivity contribution in [3.63, 3.8) is 0 Å². The largest absolute Gasteiger partial charge is 0.353 e. The highest BCUT2D eigenvalue weighted by Crippen LogP contribution is 2.17. The molecule has 30 heavy (non-hydrogen) atoms. The van der Waals surface area contributed by atoms with Crippen molar-refractivity contribution in [1.82, 2.24) is 10.2 Å². The van der Waals surface area contributed by atoms with E-state index in [1.807, 2.05) is 24.3 Å². The van der Waals surface area contributed by atoms with Crippen LogP contribution in [0.2, 0.25) is 0 Å². The SMILES string of the molecule is Cc1cccc(CN2CCC(NC(=O)CSCC(=O)Nc3cccc(Br)c3)CC2)c1. The van der Waals surface area contributed by atoms with E-state index in [-0.39, 0.29) is 23.6 Å². The molecule has 1 saturated heterocycles. The molecule has 160 valence electrons. The third kappa shape index (κ3) is 7.78. The molecule has 0 bridgehead atoms. The second-order valence-electron chi connectivity index (χ2n) is 7.66. The van der Waals surface area contributed by atoms with Gasteiger partial charge in [-0.1, -0.05) is 51.8 Å². The Labute approximate surface area is 191 Å². The van der Waals surface area contributed by atoms with Crippen molar-refractivity contribution in [2.24, 2.45) is 0 Å². The second-order valence-corrected chi connectivity index (χ2v) is 9.56. The Morgan fingerprint density at radius 3 is 2.53 bits per heavy atom. The van der Waals surface area contributed by atoms with Crippen LogP contribution in [0.15, 0.2) is 53.0 Å². The minimum atomic E-state index is -0.102. The number of rotatable bonds is 8. The smallest absolute Gasteiger partial charge is 0.234 e. The molecule has 1 fully saturated rings. The number of carbonyl (C=O) groups is 2. The summed E-state index contributed by atoms with van der Waals surface area (Å²) >= 11 is 4.72. The number of nitrogens with one attached hydrogen (secondary N) is 2. The lowest BCUT2D eigenvalue weighted by molar-refractivity contribution is -0.119. The van der Waals surface area contributed by atoms with Gasteiger partial charge in [0.05, 0.1) is 11.5 Å². The molecule has 3 rings (SSSR count). The van der Waals surface area contributed by atoms with E-state index in [4.69, 9.17) is 0 Å². The van der Waals surface area contributed by atoms with Crippen LogP contribution in [0.3, 0.4) is 0 Å². The number of hydrogen-bond acceptors (Lipinski definition) is 4. The number of aryl methyl sites for hydroxylation is 1. The van der Waals surface area contributed by atoms with Gasteiger partial charge in [-0.3, -0.25) is 14.5 Å². The molecular weight excluding hydrogens is 462 g/mol. The molecule has 0 saturated carbocycles. The van der Waals surface area contributed by atoms with Crippen LogP contribution in [0.5, 0.6) is 0 Å². The van der Waals surface area contributed by atoms with E-state index < -0.39 is 0 Å². The molecular formula is C23H28BrN3O2S. The Morgan fingerprint density at radius 1 is 1.07 bits per heavy atom. The fraction of sp³-hybridized carbons (Fsp3) is 0.391. The van der Waals surface area contributed by atoms with Gasteiger partial charge >= 0.3 is 0 Å². The average Bonchev–Trinajstić information content (AvgIpc) is 2.69. The molecule has 2 amide bonds. The summed E-state index contributed by atoms with van der Waals surface area (Å²) in [5, 5.41) is 5.96. The number of likely N-dealkylation sites (tertiary alicyclic amines) is 1. The zero-order valence-corrected chi connectivity index (χ0v) is 19.6. The Kier molecular flexibility index (Phi) is 8.78. The summed E-state index contributed by atoms with van der Waals surface area (Å²) in [6, 6.07) is 16.3. The topological polar surface area (TPSA) is 61.4 Å². The Bertz CT molecular complexity index is 869. The van der Waals surface area contributed by atoms with Crippen LogP contribution in [0.1, 0.15) is 24.0 Å². The maximum absolute atomic E-state index is 12.2. The van der Waals surface area contributed by atoms with Crippen molar-refractivity contribution >= 4 is 45.2 Å². The van der Waals surface area contributed by atoms with Gasteiger partial charge in [-0.25, -0.2) is 0 Å². The molecule has 1 heterocycles. The van der Waals surface area contributed by atoms with Crippen molar-refractivity contribution in [3.8, 4) is 0 Å². The lowest BCUT2D eigenvalue weighted by atomic mass is 10.0. The minimum Gasteiger partial charge on any atom is -0.353 e. The maximum atomic E-state index is 12.2. The first-order chi connectivity index (χ1) is 14.5. The van der Waals surface area contributed by atoms with Gasteiger partial charge in [-0.2, -0.15) is 0 Å². The van der Waals surface area contributed by atoms with E-state index in [2.05, 4.69) is 62.7 Å². The zero-order valence-electron chi connectivity index (χ0n) is 17.2. The predicted octanol–water partition coefficient (Wildman–Crippen LogP) is 4.21. The molecule has 0 unspecified atom stereocenters. The Morgan fingerprint density at radius 2 is 1.80 bits per heavy atom. The normalized spacial score (nSPS) is 15.0. The fourth-order valence-electron chi connectivity index (χ4n) is 3.57. The van der Waals surface area contributed by atoms with Gasteiger partial charge in [0.2, 0.25) is 11.8 Å². The highest BCUT2D eigenvalue weighted by molar-refractivity contribution is 9.10. The molecule has 2 aromatic rings. The summed E-state index contributed by atoms with van der Waals surface area (Å²) in [7, 11) is 0. The predicted molar refractivity (Wildman–Crippen MR) is 128 cm³/mol. The van der Waals surface area contributed by atoms with Crippen molar-refractivity contribution in [3.05, 3.63) is 64.1 Å². The molecule has 5 nitrogen and oxygen atoms in total. The summed E-state index contributed by atoms with van der Waals surface area (Å²) in [6.45, 7) is 5.06. The van der Waals surface area contributed by atoms with E-state index in [0.717, 1.165) is 42.6 Å². The van der Waals surface area contributed by atoms with Gasteiger partial charge in [0.1, 0.15) is 0 Å². The first-order valence-electron chi connectivity index (χ1n) is 10.2. The fourth-order valence-corrected chi connectivity index (χ4v) is 4.60. The number of thioether (sulfide) groups is 1. The molecule has 1 aliphatic rings. The molecule has 1 aliphatic heterocycles. The van der Waals surface area contributed by atoms with E-state index >= 15 is 0 Å². The van der Waals surface area contributed by atoms with Gasteiger partial charge < -0.3 is 10.6 Å². The summed E-state index contributed by atoms with van der Waals surface area (Å²) in [5.74, 6) is 0.465. The third-order valence-electron chi connectivity index (χ3n) is 5.02. The summed E-state index contributed by atoms with van der Waals surface area (Å²) in [4.78, 5) is 26.7. The number of anilines is 1. The van der Waals surface area contributed by atoms with Crippen LogP contribution in [0, 0.1) is 6.92 Å². The molecule has 2 aromatic carbocycles. The van der Waals surface area contributed by atoms with Gasteiger partial charge in [0.25, 0.3) is 0 Å². The van der Waals surface area contributed by atoms with Crippen molar-refractivity contribution in [2.75, 3.05) is 29.9 Å². The molecule has 0 aromatic heterocycles. The van der Waals surface area contributed by atoms with Crippen LogP contribution in [-0.2, 0) is 16.1 Å². The van der Waals surface area contributed by atoms with E-state index in [1.54, 1.807) is 0 Å². The monoisotopic (exact) mass is 489 g/mol. The Balaban J connectivity index is 1.30. The van der Waals surface area contributed by atoms with Crippen molar-refractivity contribution in [2.45, 2.75) is 32.4 Å². The highest BCUT2D eigenvalue weighted by atomic mass is 79.9. The van der Waals surface area contributed by atoms with Crippen LogP contribution < -0.4 is 10.6 Å². The van der Waals surface area contributed by atoms with Crippen molar-refractivity contribution in [1.29, 1.82) is 0 Å². The summed E-state index contributed by atoms with van der Waals surface area (Å²) < 4.78 is 0.914. The summed E-state index contributed by atoms with van der Waals surface area (Å²) in [6.07, 6.45) is 1.93. The number of halogens is 1. The van der Waals surface area contributed by atoms with E-state index in [0.29, 0.717) is 5.75 Å². The number of nitrogens with zero attached hydrogens (tertiary/aromatic N) is 1. The Hall–Kier alpha value is -1.83. The lowest BCUT2D eigenvalue weighted by Crippen LogP contribution is -2.44. The number of amides is 2. The van der Waals surface area contributed by atoms with Gasteiger partial charge in [-0.05, 0) is 43.5 Å². The first kappa shape index (κ1) is 22.8. The van der Waals surface area contributed by atoms with Crippen LogP contribution >= 0.6 is 27.7 Å². The number of piperidine rings is 1. The quantitative estimate of drug-likeness (QED) is 0.582. The third-order valence-corrected chi connectivity index (χ3v) is 6.44. The molecule has 0 atom stereocenters. The number of hydrogen-bond donors (Lipinski definition) is 2. The van der Waals surface area contributed by atoms with Crippen LogP contribution in [0.25, 0.3) is 0 Å². The standard InChI is InChI=1S/C23H28BrN3O2S/c1-17-4-2-5-18(12-17)14-27-10-8-20(9-11-27)25-22(28)15-30-16-23(29)26-21-7-3-6-19(24)13-21/h2-7,12-13,20H,8-11,14-16H2,1H3,(H,25,28)(H,26,29). The molecule has 0 aliphatic carbocycles. The van der Waals surface area contributed by atoms with E-state index in [1.165, 1.54) is 22.9 Å². The zero-order chi connectivity index (χ0) is 21.3. The lowest BCUT2D eigenvalue weighted by Gasteiger charge is -2.32. The van der Waals surface area contributed by atoms with E-state index in [9.17, 15) is 9.59 Å². The average molecular weight is 490 g/mol. The van der Waals surface area contributed by atoms with Crippen LogP contribution in [0.4, 0.5) is 5.69 Å². The number of carbonyl (C=O) groups excluding carboxylic acids is 2. The van der Waals surface area contributed by atoms with Crippen molar-refractivity contribution < 1.29 is 9.59 Å². The molecule has 7 heteroatoms. The first-order valence-corrected chi connectivity index (χ1v) is 12.1. The molecule has 0 spiro atoms. The number of benzene rings is 2. The maximum Gasteiger partial charge on any atom is 0.234 e. The molecule has 0 radical (unpaired) electrons. The summed E-state index contributed by atoms with van der Waals surface area (Å²) in [5.41, 5.74) is 3.38. The second kappa shape index (κ2) is 11.5. The van der Waals surface area contributed by atoms with Gasteiger partial charge in [0.15, 0.2) is 0 Å². The van der Waals surface area contributed by atoms with Gasteiger partial charge in [0, 0.05) is 35.8 Å².